The molecule has 4 heterocycles. The second-order valence-corrected chi connectivity index (χ2v) is 5.65. The van der Waals surface area contributed by atoms with E-state index in [9.17, 15) is 0 Å². The lowest BCUT2D eigenvalue weighted by Crippen LogP contribution is -1.96. The lowest BCUT2D eigenvalue weighted by molar-refractivity contribution is 1.16. The van der Waals surface area contributed by atoms with Crippen LogP contribution in [0.1, 0.15) is 0 Å². The number of rotatable bonds is 3. The number of anilines is 2. The number of imidazole rings is 1. The Hall–Kier alpha value is -2.77. The van der Waals surface area contributed by atoms with Crippen LogP contribution in [0.4, 0.5) is 11.6 Å². The van der Waals surface area contributed by atoms with E-state index in [-0.39, 0.29) is 0 Å². The lowest BCUT2D eigenvalue weighted by Gasteiger charge is -2.04. The van der Waals surface area contributed by atoms with E-state index in [1.54, 1.807) is 24.5 Å². The van der Waals surface area contributed by atoms with Gasteiger partial charge < -0.3 is 10.3 Å². The third-order valence-electron chi connectivity index (χ3n) is 3.32. The van der Waals surface area contributed by atoms with Crippen molar-refractivity contribution < 1.29 is 0 Å². The van der Waals surface area contributed by atoms with Gasteiger partial charge in [-0.25, -0.2) is 19.9 Å². The Labute approximate surface area is 146 Å². The molecule has 4 aromatic rings. The number of fused-ring (bicyclic) bond motifs is 1. The predicted molar refractivity (Wildman–Crippen MR) is 92.5 cm³/mol. The molecule has 0 atom stereocenters. The van der Waals surface area contributed by atoms with Crippen molar-refractivity contribution >= 4 is 45.9 Å². The molecule has 0 saturated carbocycles. The van der Waals surface area contributed by atoms with E-state index in [1.165, 1.54) is 18.7 Å². The molecule has 0 aliphatic rings. The Bertz CT molecular complexity index is 997. The zero-order valence-electron chi connectivity index (χ0n) is 12.0. The minimum atomic E-state index is 0.417. The molecule has 4 rings (SSSR count). The summed E-state index contributed by atoms with van der Waals surface area (Å²) >= 11 is 12.4. The largest absolute Gasteiger partial charge is 0.335 e. The highest BCUT2D eigenvalue weighted by Gasteiger charge is 2.15. The first-order chi connectivity index (χ1) is 11.7. The van der Waals surface area contributed by atoms with Crippen LogP contribution in [0, 0.1) is 0 Å². The highest BCUT2D eigenvalue weighted by molar-refractivity contribution is 6.38. The molecule has 0 unspecified atom stereocenters. The van der Waals surface area contributed by atoms with Crippen molar-refractivity contribution in [3.8, 4) is 11.4 Å². The van der Waals surface area contributed by atoms with Crippen molar-refractivity contribution in [3.63, 3.8) is 0 Å². The van der Waals surface area contributed by atoms with Crippen LogP contribution in [0.5, 0.6) is 0 Å². The van der Waals surface area contributed by atoms with Crippen molar-refractivity contribution in [1.82, 2.24) is 29.9 Å². The third kappa shape index (κ3) is 2.64. The van der Waals surface area contributed by atoms with E-state index < -0.39 is 0 Å². The molecule has 0 fully saturated rings. The van der Waals surface area contributed by atoms with E-state index in [0.29, 0.717) is 33.1 Å². The average molecular weight is 358 g/mol. The Kier molecular flexibility index (Phi) is 3.72. The average Bonchev–Trinajstić information content (AvgIpc) is 3.00. The van der Waals surface area contributed by atoms with Crippen molar-refractivity contribution in [1.29, 1.82) is 0 Å². The van der Waals surface area contributed by atoms with Gasteiger partial charge in [-0.2, -0.15) is 0 Å². The van der Waals surface area contributed by atoms with Crippen LogP contribution in [0.15, 0.2) is 43.2 Å². The molecule has 0 radical (unpaired) electrons. The van der Waals surface area contributed by atoms with Gasteiger partial charge >= 0.3 is 0 Å². The van der Waals surface area contributed by atoms with Gasteiger partial charge in [0.1, 0.15) is 23.5 Å². The summed E-state index contributed by atoms with van der Waals surface area (Å²) in [6.07, 6.45) is 7.80. The number of halogens is 2. The van der Waals surface area contributed by atoms with Gasteiger partial charge in [0.05, 0.1) is 21.1 Å². The zero-order valence-corrected chi connectivity index (χ0v) is 13.5. The third-order valence-corrected chi connectivity index (χ3v) is 3.90. The standard InChI is InChI=1S/C15H9Cl2N7/c16-8-5-19-6-9(17)12(8)14-22-10-1-4-20-15(13(10)24-14)23-11-2-3-18-7-21-11/h1-7H,(H,22,24)(H,18,20,21,23). The molecular formula is C15H9Cl2N7. The van der Waals surface area contributed by atoms with Gasteiger partial charge in [0, 0.05) is 24.8 Å². The molecule has 2 N–H and O–H groups in total. The van der Waals surface area contributed by atoms with Gasteiger partial charge in [-0.1, -0.05) is 23.2 Å². The predicted octanol–water partition coefficient (Wildman–Crippen LogP) is 3.86. The Morgan fingerprint density at radius 1 is 0.958 bits per heavy atom. The van der Waals surface area contributed by atoms with Gasteiger partial charge in [-0.3, -0.25) is 4.98 Å². The summed E-state index contributed by atoms with van der Waals surface area (Å²) in [7, 11) is 0. The number of aromatic amines is 1. The van der Waals surface area contributed by atoms with Gasteiger partial charge in [0.2, 0.25) is 0 Å². The Balaban J connectivity index is 1.83. The van der Waals surface area contributed by atoms with Crippen LogP contribution in [-0.4, -0.2) is 29.9 Å². The zero-order chi connectivity index (χ0) is 16.5. The van der Waals surface area contributed by atoms with Gasteiger partial charge in [0.15, 0.2) is 5.82 Å². The highest BCUT2D eigenvalue weighted by atomic mass is 35.5. The summed E-state index contributed by atoms with van der Waals surface area (Å²) in [5.74, 6) is 1.76. The van der Waals surface area contributed by atoms with Crippen LogP contribution in [0.3, 0.4) is 0 Å². The first-order valence-corrected chi connectivity index (χ1v) is 7.65. The molecule has 0 spiro atoms. The summed E-state index contributed by atoms with van der Waals surface area (Å²) in [4.78, 5) is 24.0. The summed E-state index contributed by atoms with van der Waals surface area (Å²) in [5.41, 5.74) is 2.04. The summed E-state index contributed by atoms with van der Waals surface area (Å²) in [5, 5.41) is 3.96. The van der Waals surface area contributed by atoms with Gasteiger partial charge in [-0.05, 0) is 12.1 Å². The van der Waals surface area contributed by atoms with Crippen molar-refractivity contribution in [3.05, 3.63) is 53.3 Å². The number of H-pyrrole nitrogens is 1. The van der Waals surface area contributed by atoms with E-state index in [0.717, 1.165) is 11.0 Å². The Morgan fingerprint density at radius 3 is 2.54 bits per heavy atom. The Morgan fingerprint density at radius 2 is 1.79 bits per heavy atom. The second-order valence-electron chi connectivity index (χ2n) is 4.84. The van der Waals surface area contributed by atoms with Crippen molar-refractivity contribution in [2.45, 2.75) is 0 Å². The van der Waals surface area contributed by atoms with Crippen molar-refractivity contribution in [2.75, 3.05) is 5.32 Å². The number of nitrogens with zero attached hydrogens (tertiary/aromatic N) is 5. The number of aromatic nitrogens is 6. The van der Waals surface area contributed by atoms with Crippen molar-refractivity contribution in [2.24, 2.45) is 0 Å². The minimum Gasteiger partial charge on any atom is -0.335 e. The normalized spacial score (nSPS) is 10.9. The number of pyridine rings is 2. The van der Waals surface area contributed by atoms with Crippen LogP contribution in [0.2, 0.25) is 10.0 Å². The molecule has 0 amide bonds. The molecule has 118 valence electrons. The summed E-state index contributed by atoms with van der Waals surface area (Å²) < 4.78 is 0. The quantitative estimate of drug-likeness (QED) is 0.578. The topological polar surface area (TPSA) is 92.3 Å². The first kappa shape index (κ1) is 14.8. The summed E-state index contributed by atoms with van der Waals surface area (Å²) in [6.45, 7) is 0. The molecule has 0 aromatic carbocycles. The van der Waals surface area contributed by atoms with Crippen LogP contribution >= 0.6 is 23.2 Å². The van der Waals surface area contributed by atoms with Crippen LogP contribution in [-0.2, 0) is 0 Å². The number of hydrogen-bond acceptors (Lipinski definition) is 6. The maximum absolute atomic E-state index is 6.21. The first-order valence-electron chi connectivity index (χ1n) is 6.89. The lowest BCUT2D eigenvalue weighted by atomic mass is 10.2. The van der Waals surface area contributed by atoms with Gasteiger partial charge in [-0.15, -0.1) is 0 Å². The van der Waals surface area contributed by atoms with E-state index in [1.807, 2.05) is 0 Å². The minimum absolute atomic E-state index is 0.417. The van der Waals surface area contributed by atoms with Crippen LogP contribution < -0.4 is 5.32 Å². The number of nitrogens with one attached hydrogen (secondary N) is 2. The molecule has 0 saturated heterocycles. The second kappa shape index (κ2) is 6.03. The molecular weight excluding hydrogens is 349 g/mol. The summed E-state index contributed by atoms with van der Waals surface area (Å²) in [6, 6.07) is 3.54. The molecule has 0 bridgehead atoms. The molecule has 0 aliphatic carbocycles. The van der Waals surface area contributed by atoms with E-state index in [4.69, 9.17) is 23.2 Å². The van der Waals surface area contributed by atoms with Gasteiger partial charge in [0.25, 0.3) is 0 Å². The smallest absolute Gasteiger partial charge is 0.157 e. The SMILES string of the molecule is Clc1cncc(Cl)c1-c1nc2ccnc(Nc3ccncn3)c2[nH]1. The highest BCUT2D eigenvalue weighted by Crippen LogP contribution is 2.34. The maximum atomic E-state index is 6.21. The molecule has 9 heteroatoms. The molecule has 4 aromatic heterocycles. The fourth-order valence-corrected chi connectivity index (χ4v) is 2.82. The van der Waals surface area contributed by atoms with Crippen LogP contribution in [0.25, 0.3) is 22.4 Å². The fourth-order valence-electron chi connectivity index (χ4n) is 2.27. The number of hydrogen-bond donors (Lipinski definition) is 2. The van der Waals surface area contributed by atoms with E-state index >= 15 is 0 Å². The molecule has 7 nitrogen and oxygen atoms in total. The molecule has 0 aliphatic heterocycles. The van der Waals surface area contributed by atoms with E-state index in [2.05, 4.69) is 35.2 Å². The molecule has 24 heavy (non-hydrogen) atoms. The fraction of sp³-hybridized carbons (Fsp3) is 0. The monoisotopic (exact) mass is 357 g/mol. The maximum Gasteiger partial charge on any atom is 0.157 e.